The van der Waals surface area contributed by atoms with Crippen LogP contribution in [0.5, 0.6) is 5.75 Å². The Morgan fingerprint density at radius 1 is 1.23 bits per heavy atom. The molecular formula is C27H29F5N4O4. The Balaban J connectivity index is 1.46. The number of halogens is 5. The van der Waals surface area contributed by atoms with Gasteiger partial charge in [0, 0.05) is 47.9 Å². The Morgan fingerprint density at radius 3 is 2.62 bits per heavy atom. The van der Waals surface area contributed by atoms with E-state index in [1.54, 1.807) is 4.90 Å². The smallest absolute Gasteiger partial charge is 0.417 e. The lowest BCUT2D eigenvalue weighted by molar-refractivity contribution is -0.272. The van der Waals surface area contributed by atoms with Gasteiger partial charge in [0.15, 0.2) is 17.2 Å². The summed E-state index contributed by atoms with van der Waals surface area (Å²) >= 11 is 0. The van der Waals surface area contributed by atoms with Gasteiger partial charge in [-0.25, -0.2) is 9.37 Å². The van der Waals surface area contributed by atoms with Gasteiger partial charge in [0.25, 0.3) is 5.91 Å². The molecule has 0 saturated carbocycles. The molecule has 3 fully saturated rings. The van der Waals surface area contributed by atoms with Crippen molar-refractivity contribution in [3.05, 3.63) is 47.7 Å². The molecule has 1 aromatic carbocycles. The van der Waals surface area contributed by atoms with Crippen molar-refractivity contribution in [3.63, 3.8) is 0 Å². The number of ether oxygens (including phenoxy) is 2. The first kappa shape index (κ1) is 28.2. The van der Waals surface area contributed by atoms with Crippen molar-refractivity contribution >= 4 is 23.3 Å². The number of hydrogen-bond donors (Lipinski definition) is 1. The summed E-state index contributed by atoms with van der Waals surface area (Å²) in [5.74, 6) is -6.70. The van der Waals surface area contributed by atoms with Crippen molar-refractivity contribution in [1.29, 1.82) is 0 Å². The highest BCUT2D eigenvalue weighted by Crippen LogP contribution is 2.55. The molecule has 2 amide bonds. The largest absolute Gasteiger partial charge is 0.493 e. The molecule has 6 atom stereocenters. The van der Waals surface area contributed by atoms with E-state index in [4.69, 9.17) is 9.47 Å². The third kappa shape index (κ3) is 4.39. The first-order valence-corrected chi connectivity index (χ1v) is 12.8. The maximum absolute atomic E-state index is 14.6. The Bertz CT molecular complexity index is 1340. The SMILES string of the molecule is COc1c([C@H]2[C@H](C(=O)Nc3ccnc(N4C[C@@H]5CC[C@H](C4=O)N5C)c3)O[C@@](C)(C(F)(F)F)[C@H]2C)ccc(F)c1F. The minimum atomic E-state index is -4.88. The number of likely N-dealkylation sites (N-methyl/N-ethyl adjacent to an activating group) is 1. The normalized spacial score (nSPS) is 30.6. The molecule has 0 unspecified atom stereocenters. The maximum Gasteiger partial charge on any atom is 0.417 e. The Morgan fingerprint density at radius 2 is 1.95 bits per heavy atom. The summed E-state index contributed by atoms with van der Waals surface area (Å²) in [6, 6.07) is 4.68. The molecule has 3 aliphatic rings. The number of anilines is 2. The standard InChI is InChI=1S/C27H29F5N4O4/c1-13-20(16-6-7-17(28)21(29)22(16)39-4)23(40-26(13,2)27(30,31)32)24(37)34-14-9-10-33-19(11-14)36-12-15-5-8-18(25(36)38)35(15)3/h6-7,9-11,13,15,18,20,23H,5,8,12H2,1-4H3,(H,33,34,37)/t13-,15-,18+,20-,23+,26+/m0/s1. The summed E-state index contributed by atoms with van der Waals surface area (Å²) in [5, 5.41) is 2.57. The second kappa shape index (κ2) is 9.95. The van der Waals surface area contributed by atoms with E-state index in [0.29, 0.717) is 12.4 Å². The van der Waals surface area contributed by atoms with Crippen LogP contribution in [-0.4, -0.2) is 72.4 Å². The van der Waals surface area contributed by atoms with Crippen LogP contribution in [0.1, 0.15) is 38.2 Å². The number of alkyl halides is 3. The molecule has 13 heteroatoms. The average molecular weight is 569 g/mol. The molecule has 1 aromatic heterocycles. The van der Waals surface area contributed by atoms with Gasteiger partial charge in [0.2, 0.25) is 11.7 Å². The van der Waals surface area contributed by atoms with Crippen molar-refractivity contribution in [2.75, 3.05) is 30.9 Å². The van der Waals surface area contributed by atoms with Crippen LogP contribution in [0, 0.1) is 17.6 Å². The number of nitrogens with zero attached hydrogens (tertiary/aromatic N) is 3. The molecule has 2 aromatic rings. The van der Waals surface area contributed by atoms with E-state index >= 15 is 0 Å². The predicted molar refractivity (Wildman–Crippen MR) is 134 cm³/mol. The number of benzene rings is 1. The first-order valence-electron chi connectivity index (χ1n) is 12.8. The number of methoxy groups -OCH3 is 1. The van der Waals surface area contributed by atoms with E-state index in [0.717, 1.165) is 39.0 Å². The highest BCUT2D eigenvalue weighted by atomic mass is 19.4. The zero-order chi connectivity index (χ0) is 29.1. The van der Waals surface area contributed by atoms with Gasteiger partial charge < -0.3 is 14.8 Å². The van der Waals surface area contributed by atoms with E-state index in [1.807, 2.05) is 11.9 Å². The van der Waals surface area contributed by atoms with Crippen molar-refractivity contribution in [2.45, 2.75) is 62.6 Å². The monoisotopic (exact) mass is 568 g/mol. The number of pyridine rings is 1. The van der Waals surface area contributed by atoms with E-state index in [1.165, 1.54) is 25.3 Å². The number of hydrogen-bond acceptors (Lipinski definition) is 6. The van der Waals surface area contributed by atoms with E-state index < -0.39 is 53.0 Å². The van der Waals surface area contributed by atoms with Gasteiger partial charge in [-0.1, -0.05) is 13.0 Å². The molecule has 40 heavy (non-hydrogen) atoms. The molecule has 2 bridgehead atoms. The van der Waals surface area contributed by atoms with Gasteiger partial charge in [-0.05, 0) is 38.9 Å². The number of aromatic nitrogens is 1. The van der Waals surface area contributed by atoms with Crippen LogP contribution in [0.15, 0.2) is 30.5 Å². The van der Waals surface area contributed by atoms with Crippen LogP contribution in [-0.2, 0) is 14.3 Å². The van der Waals surface area contributed by atoms with E-state index in [9.17, 15) is 31.5 Å². The van der Waals surface area contributed by atoms with Crippen LogP contribution < -0.4 is 15.0 Å². The van der Waals surface area contributed by atoms with Crippen LogP contribution in [0.2, 0.25) is 0 Å². The van der Waals surface area contributed by atoms with E-state index in [-0.39, 0.29) is 29.2 Å². The number of fused-ring (bicyclic) bond motifs is 2. The lowest BCUT2D eigenvalue weighted by Gasteiger charge is -2.37. The number of rotatable bonds is 5. The van der Waals surface area contributed by atoms with Crippen molar-refractivity contribution in [2.24, 2.45) is 5.92 Å². The number of nitrogens with one attached hydrogen (secondary N) is 1. The Labute approximate surface area is 227 Å². The zero-order valence-corrected chi connectivity index (χ0v) is 22.3. The van der Waals surface area contributed by atoms with Crippen LogP contribution in [0.4, 0.5) is 33.5 Å². The number of carbonyl (C=O) groups is 2. The molecule has 3 aliphatic heterocycles. The topological polar surface area (TPSA) is 84.0 Å². The van der Waals surface area contributed by atoms with Gasteiger partial charge in [-0.3, -0.25) is 19.4 Å². The fraction of sp³-hybridized carbons (Fsp3) is 0.519. The molecule has 3 saturated heterocycles. The van der Waals surface area contributed by atoms with Crippen molar-refractivity contribution < 1.29 is 41.0 Å². The van der Waals surface area contributed by atoms with Gasteiger partial charge in [0.1, 0.15) is 11.9 Å². The molecule has 4 heterocycles. The highest BCUT2D eigenvalue weighted by Gasteiger charge is 2.66. The Hall–Kier alpha value is -3.32. The third-order valence-corrected chi connectivity index (χ3v) is 8.65. The summed E-state index contributed by atoms with van der Waals surface area (Å²) in [6.45, 7) is 2.48. The first-order chi connectivity index (χ1) is 18.8. The summed E-state index contributed by atoms with van der Waals surface area (Å²) in [6.07, 6.45) is -3.64. The molecule has 0 aliphatic carbocycles. The molecule has 5 rings (SSSR count). The van der Waals surface area contributed by atoms with Gasteiger partial charge >= 0.3 is 6.18 Å². The van der Waals surface area contributed by atoms with Gasteiger partial charge in [-0.2, -0.15) is 17.6 Å². The fourth-order valence-electron chi connectivity index (χ4n) is 6.11. The second-order valence-corrected chi connectivity index (χ2v) is 10.7. The molecular weight excluding hydrogens is 539 g/mol. The van der Waals surface area contributed by atoms with Gasteiger partial charge in [0.05, 0.1) is 13.2 Å². The summed E-state index contributed by atoms with van der Waals surface area (Å²) in [5.41, 5.74) is -2.72. The minimum Gasteiger partial charge on any atom is -0.493 e. The second-order valence-electron chi connectivity index (χ2n) is 10.7. The van der Waals surface area contributed by atoms with Crippen molar-refractivity contribution in [1.82, 2.24) is 9.88 Å². The highest BCUT2D eigenvalue weighted by molar-refractivity contribution is 5.99. The van der Waals surface area contributed by atoms with Crippen LogP contribution in [0.25, 0.3) is 0 Å². The number of piperazine rings is 1. The van der Waals surface area contributed by atoms with E-state index in [2.05, 4.69) is 10.3 Å². The van der Waals surface area contributed by atoms with Crippen LogP contribution in [0.3, 0.4) is 0 Å². The quantitative estimate of drug-likeness (QED) is 0.543. The summed E-state index contributed by atoms with van der Waals surface area (Å²) < 4.78 is 81.5. The maximum atomic E-state index is 14.6. The lowest BCUT2D eigenvalue weighted by Crippen LogP contribution is -2.56. The zero-order valence-electron chi connectivity index (χ0n) is 22.3. The third-order valence-electron chi connectivity index (χ3n) is 8.65. The summed E-state index contributed by atoms with van der Waals surface area (Å²) in [7, 11) is 2.96. The average Bonchev–Trinajstić information content (AvgIpc) is 3.33. The minimum absolute atomic E-state index is 0.119. The summed E-state index contributed by atoms with van der Waals surface area (Å²) in [4.78, 5) is 34.4. The van der Waals surface area contributed by atoms with Crippen LogP contribution >= 0.6 is 0 Å². The molecule has 1 N–H and O–H groups in total. The number of amides is 2. The predicted octanol–water partition coefficient (Wildman–Crippen LogP) is 4.26. The molecule has 216 valence electrons. The molecule has 0 radical (unpaired) electrons. The molecule has 0 spiro atoms. The van der Waals surface area contributed by atoms with Gasteiger partial charge in [-0.15, -0.1) is 0 Å². The number of carbonyl (C=O) groups excluding carboxylic acids is 2. The molecule has 8 nitrogen and oxygen atoms in total. The fourth-order valence-corrected chi connectivity index (χ4v) is 6.11. The van der Waals surface area contributed by atoms with Crippen molar-refractivity contribution in [3.8, 4) is 5.75 Å². The lowest BCUT2D eigenvalue weighted by atomic mass is 9.77. The Kier molecular flexibility index (Phi) is 7.02.